The third-order valence-electron chi connectivity index (χ3n) is 2.88. The Kier molecular flexibility index (Phi) is 5.35. The van der Waals surface area contributed by atoms with Crippen LogP contribution in [0.15, 0.2) is 0 Å². The van der Waals surface area contributed by atoms with Crippen molar-refractivity contribution >= 4 is 23.7 Å². The van der Waals surface area contributed by atoms with E-state index in [1.54, 1.807) is 20.8 Å². The summed E-state index contributed by atoms with van der Waals surface area (Å²) in [5, 5.41) is 0. The third-order valence-corrected chi connectivity index (χ3v) is 2.99. The predicted molar refractivity (Wildman–Crippen MR) is 67.7 cm³/mol. The molecule has 0 aromatic heterocycles. The predicted octanol–water partition coefficient (Wildman–Crippen LogP) is 2.91. The molecule has 0 radical (unpaired) electrons. The summed E-state index contributed by atoms with van der Waals surface area (Å²) in [4.78, 5) is 24.4. The molecule has 1 aliphatic rings. The van der Waals surface area contributed by atoms with Crippen molar-refractivity contribution in [3.05, 3.63) is 0 Å². The molecule has 21 heavy (non-hydrogen) atoms. The zero-order valence-corrected chi connectivity index (χ0v) is 12.6. The van der Waals surface area contributed by atoms with E-state index >= 15 is 0 Å². The van der Waals surface area contributed by atoms with Gasteiger partial charge >= 0.3 is 18.2 Å². The maximum Gasteiger partial charge on any atom is 0.411 e. The summed E-state index contributed by atoms with van der Waals surface area (Å²) in [7, 11) is 0. The van der Waals surface area contributed by atoms with Crippen LogP contribution in [0.1, 0.15) is 27.2 Å². The van der Waals surface area contributed by atoms with Gasteiger partial charge in [-0.05, 0) is 27.2 Å². The second-order valence-corrected chi connectivity index (χ2v) is 5.85. The number of halogens is 4. The summed E-state index contributed by atoms with van der Waals surface area (Å²) < 4.78 is 48.4. The second-order valence-electron chi connectivity index (χ2n) is 5.63. The van der Waals surface area contributed by atoms with Crippen molar-refractivity contribution < 1.29 is 32.2 Å². The molecule has 1 rings (SSSR count). The first-order valence-corrected chi connectivity index (χ1v) is 6.79. The Balaban J connectivity index is 2.98. The van der Waals surface area contributed by atoms with Crippen LogP contribution in [0.4, 0.5) is 18.0 Å². The van der Waals surface area contributed by atoms with Crippen LogP contribution in [0.25, 0.3) is 0 Å². The molecule has 0 bridgehead atoms. The summed E-state index contributed by atoms with van der Waals surface area (Å²) >= 11 is 5.21. The van der Waals surface area contributed by atoms with Crippen LogP contribution in [-0.4, -0.2) is 47.4 Å². The SMILES string of the molecule is CC(C)(C)OC(=O)N1CC[C@@H](C(F)(F)F)[C@H]1C(=O)OCCl. The Bertz CT molecular complexity index is 408. The number of rotatable bonds is 2. The first kappa shape index (κ1) is 17.9. The molecule has 0 aromatic rings. The van der Waals surface area contributed by atoms with Crippen molar-refractivity contribution in [3.8, 4) is 0 Å². The Hall–Kier alpha value is -1.18. The molecule has 0 spiro atoms. The van der Waals surface area contributed by atoms with Crippen LogP contribution in [-0.2, 0) is 14.3 Å². The average molecular weight is 332 g/mol. The van der Waals surface area contributed by atoms with Gasteiger partial charge in [-0.3, -0.25) is 4.90 Å². The Morgan fingerprint density at radius 2 is 1.86 bits per heavy atom. The summed E-state index contributed by atoms with van der Waals surface area (Å²) in [6.45, 7) is 4.50. The number of ether oxygens (including phenoxy) is 2. The molecule has 0 aromatic carbocycles. The minimum Gasteiger partial charge on any atom is -0.448 e. The fourth-order valence-corrected chi connectivity index (χ4v) is 2.20. The highest BCUT2D eigenvalue weighted by atomic mass is 35.5. The number of nitrogens with zero attached hydrogens (tertiary/aromatic N) is 1. The fraction of sp³-hybridized carbons (Fsp3) is 0.833. The van der Waals surface area contributed by atoms with Gasteiger partial charge in [0, 0.05) is 6.54 Å². The standard InChI is InChI=1S/C12H17ClF3NO4/c1-11(2,3)21-10(19)17-5-4-7(12(14,15)16)8(17)9(18)20-6-13/h7-8H,4-6H2,1-3H3/t7-,8+/m1/s1. The van der Waals surface area contributed by atoms with Crippen molar-refractivity contribution in [2.24, 2.45) is 5.92 Å². The lowest BCUT2D eigenvalue weighted by molar-refractivity contribution is -0.189. The summed E-state index contributed by atoms with van der Waals surface area (Å²) in [5.41, 5.74) is -0.881. The highest BCUT2D eigenvalue weighted by Crippen LogP contribution is 2.39. The molecular weight excluding hydrogens is 315 g/mol. The van der Waals surface area contributed by atoms with E-state index in [1.807, 2.05) is 0 Å². The van der Waals surface area contributed by atoms with Gasteiger partial charge in [-0.15, -0.1) is 0 Å². The van der Waals surface area contributed by atoms with E-state index in [4.69, 9.17) is 16.3 Å². The summed E-state index contributed by atoms with van der Waals surface area (Å²) in [6, 6.07) is -2.35. The molecular formula is C12H17ClF3NO4. The number of hydrogen-bond acceptors (Lipinski definition) is 4. The molecule has 1 fully saturated rings. The Morgan fingerprint density at radius 1 is 1.29 bits per heavy atom. The lowest BCUT2D eigenvalue weighted by atomic mass is 10.00. The van der Waals surface area contributed by atoms with Crippen molar-refractivity contribution in [2.75, 3.05) is 12.6 Å². The average Bonchev–Trinajstić information content (AvgIpc) is 2.70. The molecule has 122 valence electrons. The first-order chi connectivity index (χ1) is 9.47. The van der Waals surface area contributed by atoms with Crippen LogP contribution in [0, 0.1) is 5.92 Å². The van der Waals surface area contributed by atoms with E-state index < -0.39 is 41.9 Å². The van der Waals surface area contributed by atoms with Gasteiger partial charge in [0.25, 0.3) is 0 Å². The van der Waals surface area contributed by atoms with E-state index in [-0.39, 0.29) is 13.0 Å². The number of carbonyl (C=O) groups is 2. The van der Waals surface area contributed by atoms with Crippen molar-refractivity contribution in [1.82, 2.24) is 4.90 Å². The highest BCUT2D eigenvalue weighted by molar-refractivity contribution is 6.17. The molecule has 0 aliphatic carbocycles. The Morgan fingerprint density at radius 3 is 2.29 bits per heavy atom. The van der Waals surface area contributed by atoms with Gasteiger partial charge in [0.15, 0.2) is 6.07 Å². The summed E-state index contributed by atoms with van der Waals surface area (Å²) in [6.07, 6.45) is -5.98. The van der Waals surface area contributed by atoms with Crippen molar-refractivity contribution in [2.45, 2.75) is 45.0 Å². The highest BCUT2D eigenvalue weighted by Gasteiger charge is 2.55. The van der Waals surface area contributed by atoms with Gasteiger partial charge < -0.3 is 9.47 Å². The minimum absolute atomic E-state index is 0.235. The molecule has 0 unspecified atom stereocenters. The molecule has 1 saturated heterocycles. The topological polar surface area (TPSA) is 55.8 Å². The molecule has 0 saturated carbocycles. The van der Waals surface area contributed by atoms with Crippen LogP contribution in [0.2, 0.25) is 0 Å². The maximum absolute atomic E-state index is 13.0. The normalized spacial score (nSPS) is 23.1. The van der Waals surface area contributed by atoms with Crippen LogP contribution in [0.3, 0.4) is 0 Å². The van der Waals surface area contributed by atoms with Gasteiger partial charge in [-0.1, -0.05) is 11.6 Å². The third kappa shape index (κ3) is 4.66. The van der Waals surface area contributed by atoms with E-state index in [0.717, 1.165) is 4.90 Å². The smallest absolute Gasteiger partial charge is 0.411 e. The minimum atomic E-state index is -4.62. The van der Waals surface area contributed by atoms with E-state index in [0.29, 0.717) is 0 Å². The monoisotopic (exact) mass is 331 g/mol. The molecule has 9 heteroatoms. The van der Waals surface area contributed by atoms with Gasteiger partial charge in [-0.25, -0.2) is 9.59 Å². The van der Waals surface area contributed by atoms with Crippen LogP contribution in [0.5, 0.6) is 0 Å². The fourth-order valence-electron chi connectivity index (χ4n) is 2.09. The number of alkyl halides is 4. The molecule has 1 amide bonds. The van der Waals surface area contributed by atoms with Gasteiger partial charge in [-0.2, -0.15) is 13.2 Å². The lowest BCUT2D eigenvalue weighted by Crippen LogP contribution is -2.48. The van der Waals surface area contributed by atoms with E-state index in [2.05, 4.69) is 4.74 Å². The number of amides is 1. The van der Waals surface area contributed by atoms with Crippen LogP contribution >= 0.6 is 11.6 Å². The van der Waals surface area contributed by atoms with E-state index in [1.165, 1.54) is 0 Å². The Labute approximate surface area is 125 Å². The van der Waals surface area contributed by atoms with Crippen molar-refractivity contribution in [3.63, 3.8) is 0 Å². The number of esters is 1. The summed E-state index contributed by atoms with van der Waals surface area (Å²) in [5.74, 6) is -3.17. The van der Waals surface area contributed by atoms with E-state index in [9.17, 15) is 22.8 Å². The molecule has 1 aliphatic heterocycles. The van der Waals surface area contributed by atoms with Crippen LogP contribution < -0.4 is 0 Å². The van der Waals surface area contributed by atoms with Gasteiger partial charge in [0.1, 0.15) is 11.6 Å². The molecule has 0 N–H and O–H groups in total. The second kappa shape index (κ2) is 6.29. The quantitative estimate of drug-likeness (QED) is 0.576. The first-order valence-electron chi connectivity index (χ1n) is 6.26. The zero-order valence-electron chi connectivity index (χ0n) is 11.9. The number of carbonyl (C=O) groups excluding carboxylic acids is 2. The largest absolute Gasteiger partial charge is 0.448 e. The lowest BCUT2D eigenvalue weighted by Gasteiger charge is -2.29. The van der Waals surface area contributed by atoms with Gasteiger partial charge in [0.2, 0.25) is 0 Å². The molecule has 5 nitrogen and oxygen atoms in total. The number of hydrogen-bond donors (Lipinski definition) is 0. The van der Waals surface area contributed by atoms with Gasteiger partial charge in [0.05, 0.1) is 5.92 Å². The zero-order chi connectivity index (χ0) is 16.4. The number of likely N-dealkylation sites (tertiary alicyclic amines) is 1. The maximum atomic E-state index is 13.0. The molecule has 2 atom stereocenters. The molecule has 1 heterocycles. The van der Waals surface area contributed by atoms with Crippen molar-refractivity contribution in [1.29, 1.82) is 0 Å².